The molecule has 8 N–H and O–H groups in total. The Labute approximate surface area is 162 Å². The topological polar surface area (TPSA) is 164 Å². The van der Waals surface area contributed by atoms with Gasteiger partial charge in [0.2, 0.25) is 0 Å². The fourth-order valence-electron chi connectivity index (χ4n) is 3.43. The number of hydrogen-bond acceptors (Lipinski definition) is 10. The first-order valence-corrected chi connectivity index (χ1v) is 9.29. The average molecular weight is 400 g/mol. The second-order valence-corrected chi connectivity index (χ2v) is 7.14. The molecule has 2 aliphatic heterocycles. The maximum Gasteiger partial charge on any atom is 0.130 e. The first-order chi connectivity index (χ1) is 13.4. The molecular weight excluding hydrogens is 372 g/mol. The molecule has 1 aromatic carbocycles. The largest absolute Gasteiger partial charge is 0.394 e. The highest BCUT2D eigenvalue weighted by Crippen LogP contribution is 2.25. The highest BCUT2D eigenvalue weighted by molar-refractivity contribution is 5.54. The highest BCUT2D eigenvalue weighted by atomic mass is 16.5. The summed E-state index contributed by atoms with van der Waals surface area (Å²) in [6, 6.07) is 7.09. The molecule has 0 spiro atoms. The highest BCUT2D eigenvalue weighted by Gasteiger charge is 2.37. The van der Waals surface area contributed by atoms with E-state index in [9.17, 15) is 30.6 Å². The third-order valence-electron chi connectivity index (χ3n) is 5.04. The van der Waals surface area contributed by atoms with Crippen LogP contribution in [-0.2, 0) is 9.47 Å². The number of ether oxygens (including phenoxy) is 2. The lowest BCUT2D eigenvalue weighted by Crippen LogP contribution is -2.51. The van der Waals surface area contributed by atoms with Gasteiger partial charge in [-0.05, 0) is 24.3 Å². The summed E-state index contributed by atoms with van der Waals surface area (Å²) in [4.78, 5) is 0. The maximum atomic E-state index is 9.87. The van der Waals surface area contributed by atoms with Crippen LogP contribution in [0.3, 0.4) is 0 Å². The van der Waals surface area contributed by atoms with Gasteiger partial charge in [-0.3, -0.25) is 0 Å². The minimum absolute atomic E-state index is 0.177. The number of hydrogen-bond donors (Lipinski definition) is 8. The molecule has 10 heteroatoms. The zero-order valence-electron chi connectivity index (χ0n) is 15.3. The van der Waals surface area contributed by atoms with Crippen molar-refractivity contribution in [1.29, 1.82) is 0 Å². The van der Waals surface area contributed by atoms with E-state index in [1.54, 1.807) is 24.3 Å². The molecule has 0 radical (unpaired) electrons. The van der Waals surface area contributed by atoms with E-state index in [0.717, 1.165) is 0 Å². The van der Waals surface area contributed by atoms with Crippen LogP contribution in [0.1, 0.15) is 12.8 Å². The fourth-order valence-corrected chi connectivity index (χ4v) is 3.43. The Kier molecular flexibility index (Phi) is 7.07. The van der Waals surface area contributed by atoms with Crippen molar-refractivity contribution in [3.8, 4) is 0 Å². The summed E-state index contributed by atoms with van der Waals surface area (Å²) in [7, 11) is 0. The second-order valence-electron chi connectivity index (χ2n) is 7.14. The molecule has 8 atom stereocenters. The van der Waals surface area contributed by atoms with Gasteiger partial charge in [0.25, 0.3) is 0 Å². The molecule has 0 unspecified atom stereocenters. The lowest BCUT2D eigenvalue weighted by Gasteiger charge is -2.37. The van der Waals surface area contributed by atoms with Crippen molar-refractivity contribution in [2.45, 2.75) is 61.9 Å². The van der Waals surface area contributed by atoms with Gasteiger partial charge in [-0.15, -0.1) is 0 Å². The summed E-state index contributed by atoms with van der Waals surface area (Å²) in [5.41, 5.74) is 1.42. The van der Waals surface area contributed by atoms with Crippen LogP contribution >= 0.6 is 0 Å². The molecule has 0 aliphatic carbocycles. The van der Waals surface area contributed by atoms with Crippen LogP contribution in [0.5, 0.6) is 0 Å². The van der Waals surface area contributed by atoms with Crippen molar-refractivity contribution in [2.75, 3.05) is 23.8 Å². The standard InChI is InChI=1S/C18H28N2O8/c21-7-13-17(25)11(23)5-15(27-13)19-9-1-2-10(4-3-9)20-16-6-12(24)18(26)14(8-22)28-16/h1-4,11-26H,5-8H2/t11-,12+,13-,14-,15-,16+,17-,18-/m0/s1. The average Bonchev–Trinajstić information content (AvgIpc) is 2.68. The van der Waals surface area contributed by atoms with Crippen LogP contribution in [-0.4, -0.2) is 92.9 Å². The molecule has 2 heterocycles. The molecular formula is C18H28N2O8. The molecule has 0 bridgehead atoms. The monoisotopic (exact) mass is 400 g/mol. The van der Waals surface area contributed by atoms with Gasteiger partial charge in [0, 0.05) is 24.2 Å². The number of nitrogens with one attached hydrogen (secondary N) is 2. The van der Waals surface area contributed by atoms with Gasteiger partial charge < -0.3 is 50.7 Å². The normalized spacial score (nSPS) is 38.8. The zero-order valence-corrected chi connectivity index (χ0v) is 15.3. The number of aliphatic hydroxyl groups is 6. The minimum Gasteiger partial charge on any atom is -0.394 e. The predicted octanol–water partition coefficient (Wildman–Crippen LogP) is -1.83. The van der Waals surface area contributed by atoms with Crippen LogP contribution in [0.4, 0.5) is 11.4 Å². The summed E-state index contributed by atoms with van der Waals surface area (Å²) < 4.78 is 11.1. The van der Waals surface area contributed by atoms with Gasteiger partial charge in [-0.1, -0.05) is 0 Å². The summed E-state index contributed by atoms with van der Waals surface area (Å²) in [6.07, 6.45) is -6.70. The number of aliphatic hydroxyl groups excluding tert-OH is 6. The van der Waals surface area contributed by atoms with E-state index in [4.69, 9.17) is 9.47 Å². The Morgan fingerprint density at radius 3 is 1.39 bits per heavy atom. The van der Waals surface area contributed by atoms with Crippen molar-refractivity contribution in [1.82, 2.24) is 0 Å². The predicted molar refractivity (Wildman–Crippen MR) is 98.4 cm³/mol. The van der Waals surface area contributed by atoms with E-state index in [-0.39, 0.29) is 12.8 Å². The summed E-state index contributed by atoms with van der Waals surface area (Å²) in [6.45, 7) is -0.786. The van der Waals surface area contributed by atoms with Crippen LogP contribution in [0.15, 0.2) is 24.3 Å². The molecule has 1 aromatic rings. The second kappa shape index (κ2) is 9.33. The van der Waals surface area contributed by atoms with Crippen LogP contribution in [0.25, 0.3) is 0 Å². The smallest absolute Gasteiger partial charge is 0.130 e. The lowest BCUT2D eigenvalue weighted by atomic mass is 10.0. The quantitative estimate of drug-likeness (QED) is 0.272. The van der Waals surface area contributed by atoms with Crippen molar-refractivity contribution >= 4 is 11.4 Å². The van der Waals surface area contributed by atoms with Gasteiger partial charge in [0.1, 0.15) is 36.9 Å². The summed E-state index contributed by atoms with van der Waals surface area (Å²) in [5.74, 6) is 0. The Morgan fingerprint density at radius 2 is 1.07 bits per heavy atom. The molecule has 3 rings (SSSR count). The third-order valence-corrected chi connectivity index (χ3v) is 5.04. The third kappa shape index (κ3) is 4.91. The van der Waals surface area contributed by atoms with Gasteiger partial charge in [0.05, 0.1) is 25.4 Å². The first-order valence-electron chi connectivity index (χ1n) is 9.29. The van der Waals surface area contributed by atoms with Crippen LogP contribution in [0, 0.1) is 0 Å². The minimum atomic E-state index is -1.12. The Bertz CT molecular complexity index is 565. The molecule has 0 amide bonds. The zero-order chi connectivity index (χ0) is 20.3. The molecule has 2 fully saturated rings. The SMILES string of the molecule is OC[C@@H]1O[C@H](Nc2ccc(N[C@H]3C[C@@H](O)[C@H](O)[C@H](CO)O3)cc2)C[C@H](O)[C@@H]1O. The van der Waals surface area contributed by atoms with Gasteiger partial charge in [0.15, 0.2) is 0 Å². The molecule has 2 saturated heterocycles. The van der Waals surface area contributed by atoms with Gasteiger partial charge >= 0.3 is 0 Å². The van der Waals surface area contributed by atoms with E-state index in [0.29, 0.717) is 11.4 Å². The van der Waals surface area contributed by atoms with E-state index < -0.39 is 62.3 Å². The fraction of sp³-hybridized carbons (Fsp3) is 0.667. The van der Waals surface area contributed by atoms with Crippen LogP contribution < -0.4 is 10.6 Å². The molecule has 28 heavy (non-hydrogen) atoms. The number of rotatable bonds is 6. The summed E-state index contributed by atoms with van der Waals surface area (Å²) in [5, 5.41) is 63.9. The van der Waals surface area contributed by atoms with Crippen LogP contribution in [0.2, 0.25) is 0 Å². The number of anilines is 2. The maximum absolute atomic E-state index is 9.87. The lowest BCUT2D eigenvalue weighted by molar-refractivity contribution is -0.172. The van der Waals surface area contributed by atoms with E-state index in [1.165, 1.54) is 0 Å². The molecule has 0 aromatic heterocycles. The van der Waals surface area contributed by atoms with Gasteiger partial charge in [-0.25, -0.2) is 0 Å². The summed E-state index contributed by atoms with van der Waals surface area (Å²) >= 11 is 0. The molecule has 0 saturated carbocycles. The van der Waals surface area contributed by atoms with E-state index >= 15 is 0 Å². The molecule has 158 valence electrons. The van der Waals surface area contributed by atoms with E-state index in [2.05, 4.69) is 10.6 Å². The molecule has 10 nitrogen and oxygen atoms in total. The Morgan fingerprint density at radius 1 is 0.714 bits per heavy atom. The van der Waals surface area contributed by atoms with Crippen molar-refractivity contribution < 1.29 is 40.1 Å². The Hall–Kier alpha value is -1.50. The van der Waals surface area contributed by atoms with Crippen molar-refractivity contribution in [2.24, 2.45) is 0 Å². The number of benzene rings is 1. The Balaban J connectivity index is 1.55. The van der Waals surface area contributed by atoms with E-state index in [1.807, 2.05) is 0 Å². The van der Waals surface area contributed by atoms with Crippen molar-refractivity contribution in [3.63, 3.8) is 0 Å². The van der Waals surface area contributed by atoms with Gasteiger partial charge in [-0.2, -0.15) is 0 Å². The molecule has 2 aliphatic rings. The van der Waals surface area contributed by atoms with Crippen molar-refractivity contribution in [3.05, 3.63) is 24.3 Å². The first kappa shape index (κ1) is 21.2.